The van der Waals surface area contributed by atoms with Gasteiger partial charge in [-0.3, -0.25) is 4.79 Å². The number of carbonyl (C=O) groups excluding carboxylic acids is 2. The summed E-state index contributed by atoms with van der Waals surface area (Å²) in [7, 11) is 0. The molecule has 0 spiro atoms. The number of hydrogen-bond donors (Lipinski definition) is 3. The van der Waals surface area contributed by atoms with Gasteiger partial charge in [-0.15, -0.1) is 0 Å². The van der Waals surface area contributed by atoms with Gasteiger partial charge in [0.25, 0.3) is 0 Å². The summed E-state index contributed by atoms with van der Waals surface area (Å²) in [6.07, 6.45) is 1.54. The van der Waals surface area contributed by atoms with E-state index in [4.69, 9.17) is 0 Å². The number of urea groups is 1. The van der Waals surface area contributed by atoms with E-state index in [0.717, 1.165) is 17.8 Å². The van der Waals surface area contributed by atoms with Gasteiger partial charge < -0.3 is 20.9 Å². The first-order valence-electron chi connectivity index (χ1n) is 7.40. The van der Waals surface area contributed by atoms with Crippen LogP contribution < -0.4 is 20.9 Å². The van der Waals surface area contributed by atoms with E-state index in [1.54, 1.807) is 0 Å². The zero-order valence-electron chi connectivity index (χ0n) is 12.1. The van der Waals surface area contributed by atoms with Crippen molar-refractivity contribution in [2.45, 2.75) is 31.8 Å². The van der Waals surface area contributed by atoms with Gasteiger partial charge in [0.2, 0.25) is 5.91 Å². The topological polar surface area (TPSA) is 73.5 Å². The van der Waals surface area contributed by atoms with E-state index >= 15 is 0 Å². The molecule has 2 heterocycles. The Bertz CT molecular complexity index is 560. The zero-order chi connectivity index (χ0) is 14.8. The van der Waals surface area contributed by atoms with Crippen molar-refractivity contribution in [2.75, 3.05) is 23.3 Å². The van der Waals surface area contributed by atoms with Crippen LogP contribution in [-0.4, -0.2) is 37.1 Å². The molecular weight excluding hydrogens is 268 g/mol. The van der Waals surface area contributed by atoms with Crippen LogP contribution in [0.4, 0.5) is 16.2 Å². The Kier molecular flexibility index (Phi) is 3.68. The molecule has 6 nitrogen and oxygen atoms in total. The van der Waals surface area contributed by atoms with Crippen molar-refractivity contribution in [3.8, 4) is 0 Å². The number of nitrogens with zero attached hydrogens (tertiary/aromatic N) is 1. The maximum absolute atomic E-state index is 12.2. The first kappa shape index (κ1) is 13.7. The zero-order valence-corrected chi connectivity index (χ0v) is 12.1. The third-order valence-corrected chi connectivity index (χ3v) is 3.95. The largest absolute Gasteiger partial charge is 0.356 e. The second-order valence-electron chi connectivity index (χ2n) is 5.51. The smallest absolute Gasteiger partial charge is 0.315 e. The van der Waals surface area contributed by atoms with Gasteiger partial charge in [-0.2, -0.15) is 0 Å². The van der Waals surface area contributed by atoms with Gasteiger partial charge in [-0.25, -0.2) is 4.79 Å². The van der Waals surface area contributed by atoms with Gasteiger partial charge in [-0.1, -0.05) is 19.1 Å². The van der Waals surface area contributed by atoms with Crippen LogP contribution in [0.1, 0.15) is 19.8 Å². The average Bonchev–Trinajstić information content (AvgIpc) is 2.90. The molecule has 0 radical (unpaired) electrons. The average molecular weight is 288 g/mol. The molecule has 0 saturated carbocycles. The quantitative estimate of drug-likeness (QED) is 0.785. The normalized spacial score (nSPS) is 23.1. The van der Waals surface area contributed by atoms with E-state index in [9.17, 15) is 9.59 Å². The molecule has 1 aromatic carbocycles. The van der Waals surface area contributed by atoms with E-state index in [1.165, 1.54) is 0 Å². The van der Waals surface area contributed by atoms with Crippen LogP contribution in [0.25, 0.3) is 0 Å². The summed E-state index contributed by atoms with van der Waals surface area (Å²) in [6.45, 7) is 3.33. The highest BCUT2D eigenvalue weighted by Gasteiger charge is 2.41. The number of rotatable bonds is 3. The third kappa shape index (κ3) is 2.66. The molecule has 3 N–H and O–H groups in total. The first-order valence-corrected chi connectivity index (χ1v) is 7.40. The van der Waals surface area contributed by atoms with Gasteiger partial charge in [0.05, 0.1) is 17.4 Å². The number of nitrogens with one attached hydrogen (secondary N) is 3. The number of hydrogen-bond acceptors (Lipinski definition) is 3. The van der Waals surface area contributed by atoms with E-state index in [0.29, 0.717) is 19.5 Å². The van der Waals surface area contributed by atoms with Crippen molar-refractivity contribution in [3.63, 3.8) is 0 Å². The molecule has 2 atom stereocenters. The Hall–Kier alpha value is -2.24. The molecule has 0 bridgehead atoms. The first-order chi connectivity index (χ1) is 10.2. The standard InChI is InChI=1S/C15H20N4O2/c1-2-7-16-15(21)17-10-8-13-14(20)18-11-5-3-4-6-12(11)19(13)9-10/h3-6,10,13H,2,7-9H2,1H3,(H,18,20)(H2,16,17,21). The van der Waals surface area contributed by atoms with Crippen molar-refractivity contribution in [3.05, 3.63) is 24.3 Å². The Morgan fingerprint density at radius 3 is 3.05 bits per heavy atom. The third-order valence-electron chi connectivity index (χ3n) is 3.95. The van der Waals surface area contributed by atoms with Crippen LogP contribution in [0, 0.1) is 0 Å². The fraction of sp³-hybridized carbons (Fsp3) is 0.467. The minimum absolute atomic E-state index is 0.00645. The molecule has 21 heavy (non-hydrogen) atoms. The molecular formula is C15H20N4O2. The van der Waals surface area contributed by atoms with Gasteiger partial charge >= 0.3 is 6.03 Å². The Balaban J connectivity index is 1.70. The molecule has 2 aliphatic heterocycles. The fourth-order valence-corrected chi connectivity index (χ4v) is 2.98. The van der Waals surface area contributed by atoms with Crippen molar-refractivity contribution in [1.29, 1.82) is 0 Å². The number of anilines is 2. The van der Waals surface area contributed by atoms with E-state index in [-0.39, 0.29) is 24.0 Å². The molecule has 1 aromatic rings. The minimum Gasteiger partial charge on any atom is -0.356 e. The van der Waals surface area contributed by atoms with E-state index in [1.807, 2.05) is 31.2 Å². The molecule has 3 rings (SSSR count). The molecule has 1 fully saturated rings. The van der Waals surface area contributed by atoms with Crippen LogP contribution in [0.15, 0.2) is 24.3 Å². The molecule has 6 heteroatoms. The number of benzene rings is 1. The van der Waals surface area contributed by atoms with E-state index < -0.39 is 0 Å². The van der Waals surface area contributed by atoms with Gasteiger partial charge in [-0.05, 0) is 25.0 Å². The lowest BCUT2D eigenvalue weighted by molar-refractivity contribution is -0.117. The molecule has 112 valence electrons. The van der Waals surface area contributed by atoms with Crippen molar-refractivity contribution in [1.82, 2.24) is 10.6 Å². The summed E-state index contributed by atoms with van der Waals surface area (Å²) >= 11 is 0. The van der Waals surface area contributed by atoms with Gasteiger partial charge in [0.15, 0.2) is 0 Å². The maximum Gasteiger partial charge on any atom is 0.315 e. The Labute approximate surface area is 123 Å². The number of carbonyl (C=O) groups is 2. The summed E-state index contributed by atoms with van der Waals surface area (Å²) in [6, 6.07) is 7.40. The van der Waals surface area contributed by atoms with Crippen LogP contribution >= 0.6 is 0 Å². The summed E-state index contributed by atoms with van der Waals surface area (Å²) in [5, 5.41) is 8.68. The SMILES string of the molecule is CCCNC(=O)NC1CC2C(=O)Nc3ccccc3N2C1. The highest BCUT2D eigenvalue weighted by Crippen LogP contribution is 2.36. The van der Waals surface area contributed by atoms with Crippen LogP contribution in [0.5, 0.6) is 0 Å². The Morgan fingerprint density at radius 1 is 1.43 bits per heavy atom. The molecule has 3 amide bonds. The highest BCUT2D eigenvalue weighted by molar-refractivity contribution is 6.04. The van der Waals surface area contributed by atoms with E-state index in [2.05, 4.69) is 20.9 Å². The second kappa shape index (κ2) is 5.63. The predicted molar refractivity (Wildman–Crippen MR) is 81.4 cm³/mol. The molecule has 0 aromatic heterocycles. The van der Waals surface area contributed by atoms with Crippen LogP contribution in [0.3, 0.4) is 0 Å². The highest BCUT2D eigenvalue weighted by atomic mass is 16.2. The van der Waals surface area contributed by atoms with Crippen molar-refractivity contribution < 1.29 is 9.59 Å². The number of amides is 3. The molecule has 0 aliphatic carbocycles. The van der Waals surface area contributed by atoms with Crippen molar-refractivity contribution >= 4 is 23.3 Å². The fourth-order valence-electron chi connectivity index (χ4n) is 2.98. The lowest BCUT2D eigenvalue weighted by atomic mass is 10.1. The monoisotopic (exact) mass is 288 g/mol. The second-order valence-corrected chi connectivity index (χ2v) is 5.51. The summed E-state index contributed by atoms with van der Waals surface area (Å²) in [5.41, 5.74) is 1.87. The number of para-hydroxylation sites is 2. The predicted octanol–water partition coefficient (Wildman–Crippen LogP) is 1.30. The maximum atomic E-state index is 12.2. The van der Waals surface area contributed by atoms with Gasteiger partial charge in [0, 0.05) is 13.1 Å². The Morgan fingerprint density at radius 2 is 2.24 bits per heavy atom. The minimum atomic E-state index is -0.198. The van der Waals surface area contributed by atoms with Crippen LogP contribution in [-0.2, 0) is 4.79 Å². The summed E-state index contributed by atoms with van der Waals surface area (Å²) in [5.74, 6) is 0.00645. The lowest BCUT2D eigenvalue weighted by Gasteiger charge is -2.32. The van der Waals surface area contributed by atoms with Gasteiger partial charge in [0.1, 0.15) is 6.04 Å². The molecule has 2 unspecified atom stereocenters. The summed E-state index contributed by atoms with van der Waals surface area (Å²) < 4.78 is 0. The molecule has 2 aliphatic rings. The number of fused-ring (bicyclic) bond motifs is 3. The van der Waals surface area contributed by atoms with Crippen molar-refractivity contribution in [2.24, 2.45) is 0 Å². The lowest BCUT2D eigenvalue weighted by Crippen LogP contribution is -2.44. The van der Waals surface area contributed by atoms with Crippen LogP contribution in [0.2, 0.25) is 0 Å². The molecule has 1 saturated heterocycles. The summed E-state index contributed by atoms with van der Waals surface area (Å²) in [4.78, 5) is 26.0.